The van der Waals surface area contributed by atoms with Crippen molar-refractivity contribution < 1.29 is 40.3 Å². The molecular weight excluding hydrogens is 345 g/mol. The van der Waals surface area contributed by atoms with Gasteiger partial charge in [0.2, 0.25) is 34.8 Å². The Balaban J connectivity index is 3.21. The van der Waals surface area contributed by atoms with Crippen molar-refractivity contribution in [2.75, 3.05) is 14.2 Å². The van der Waals surface area contributed by atoms with E-state index in [4.69, 9.17) is 14.6 Å². The summed E-state index contributed by atoms with van der Waals surface area (Å²) in [6, 6.07) is 0.174. The number of esters is 1. The smallest absolute Gasteiger partial charge is 0.366 e. The van der Waals surface area contributed by atoms with Crippen LogP contribution in [0.15, 0.2) is 0 Å². The Morgan fingerprint density at radius 2 is 1.39 bits per heavy atom. The van der Waals surface area contributed by atoms with Crippen molar-refractivity contribution in [2.24, 2.45) is 5.73 Å². The predicted molar refractivity (Wildman–Crippen MR) is 70.1 cm³/mol. The van der Waals surface area contributed by atoms with Gasteiger partial charge in [-0.15, -0.1) is 0 Å². The molecule has 0 aliphatic carbocycles. The van der Waals surface area contributed by atoms with E-state index in [9.17, 15) is 26.7 Å². The van der Waals surface area contributed by atoms with Crippen LogP contribution in [0.1, 0.15) is 6.92 Å². The zero-order valence-electron chi connectivity index (χ0n) is 12.4. The molecule has 5 nitrogen and oxygen atoms in total. The Kier molecular flexibility index (Phi) is 6.22. The van der Waals surface area contributed by atoms with Gasteiger partial charge in [-0.3, -0.25) is 4.79 Å². The van der Waals surface area contributed by atoms with E-state index in [1.807, 2.05) is 0 Å². The van der Waals surface area contributed by atoms with Gasteiger partial charge in [0.1, 0.15) is 5.67 Å². The quantitative estimate of drug-likeness (QED) is 0.210. The average molecular weight is 359 g/mol. The minimum absolute atomic E-state index is 0.174. The molecule has 0 heterocycles. The Morgan fingerprint density at radius 1 is 1.00 bits per heavy atom. The fourth-order valence-corrected chi connectivity index (χ4v) is 3.97. The zero-order valence-corrected chi connectivity index (χ0v) is 13.4. The van der Waals surface area contributed by atoms with Gasteiger partial charge in [-0.25, -0.2) is 13.2 Å². The average Bonchev–Trinajstić information content (AvgIpc) is 2.56. The van der Waals surface area contributed by atoms with Crippen LogP contribution >= 0.6 is 0 Å². The normalized spacial score (nSPS) is 13.1. The molecule has 0 aromatic heterocycles. The van der Waals surface area contributed by atoms with Gasteiger partial charge in [-0.05, 0) is 6.04 Å². The molecule has 1 aromatic carbocycles. The van der Waals surface area contributed by atoms with Crippen LogP contribution in [0.3, 0.4) is 0 Å². The number of halogens is 5. The molecule has 0 amide bonds. The van der Waals surface area contributed by atoms with E-state index in [0.717, 1.165) is 0 Å². The van der Waals surface area contributed by atoms with Gasteiger partial charge in [0, 0.05) is 14.2 Å². The summed E-state index contributed by atoms with van der Waals surface area (Å²) in [7, 11) is -0.888. The maximum atomic E-state index is 13.5. The van der Waals surface area contributed by atoms with E-state index in [2.05, 4.69) is 4.74 Å². The van der Waals surface area contributed by atoms with Gasteiger partial charge < -0.3 is 19.3 Å². The molecule has 2 N–H and O–H groups in total. The fraction of sp³-hybridized carbons (Fsp3) is 0.417. The summed E-state index contributed by atoms with van der Waals surface area (Å²) in [5.41, 5.74) is 4.04. The largest absolute Gasteiger partial charge is 0.419 e. The molecule has 130 valence electrons. The van der Waals surface area contributed by atoms with Crippen molar-refractivity contribution in [3.8, 4) is 5.75 Å². The number of hydrogen-bond acceptors (Lipinski definition) is 5. The number of hydrogen-bond donors (Lipinski definition) is 1. The lowest BCUT2D eigenvalue weighted by Crippen LogP contribution is -2.61. The van der Waals surface area contributed by atoms with Gasteiger partial charge in [0.25, 0.3) is 0 Å². The van der Waals surface area contributed by atoms with E-state index >= 15 is 0 Å². The van der Waals surface area contributed by atoms with Gasteiger partial charge in [-0.2, -0.15) is 8.78 Å². The maximum Gasteiger partial charge on any atom is 0.366 e. The molecule has 1 atom stereocenters. The van der Waals surface area contributed by atoms with Gasteiger partial charge in [-0.1, -0.05) is 6.92 Å². The third-order valence-corrected chi connectivity index (χ3v) is 6.83. The lowest BCUT2D eigenvalue weighted by Gasteiger charge is -2.30. The first-order valence-corrected chi connectivity index (χ1v) is 8.35. The second kappa shape index (κ2) is 7.34. The molecular formula is C12H14F5NO4Si. The summed E-state index contributed by atoms with van der Waals surface area (Å²) in [5, 5.41) is 0. The molecule has 23 heavy (non-hydrogen) atoms. The SMILES string of the molecule is CC[Si](OC)(OC)C(N)C(=O)Oc1c(F)c(F)c(F)c(F)c1F. The summed E-state index contributed by atoms with van der Waals surface area (Å²) < 4.78 is 80.4. The van der Waals surface area contributed by atoms with Crippen molar-refractivity contribution in [3.05, 3.63) is 29.1 Å². The van der Waals surface area contributed by atoms with Crippen LogP contribution in [0.2, 0.25) is 6.04 Å². The maximum absolute atomic E-state index is 13.5. The van der Waals surface area contributed by atoms with Crippen molar-refractivity contribution in [3.63, 3.8) is 0 Å². The Morgan fingerprint density at radius 3 is 1.74 bits per heavy atom. The number of benzene rings is 1. The highest BCUT2D eigenvalue weighted by Gasteiger charge is 2.47. The predicted octanol–water partition coefficient (Wildman–Crippen LogP) is 1.91. The van der Waals surface area contributed by atoms with Gasteiger partial charge >= 0.3 is 14.5 Å². The Bertz CT molecular complexity index is 574. The fourth-order valence-electron chi connectivity index (χ4n) is 1.86. The van der Waals surface area contributed by atoms with Gasteiger partial charge in [0.05, 0.1) is 0 Å². The summed E-state index contributed by atoms with van der Waals surface area (Å²) in [5.74, 6) is -14.6. The summed E-state index contributed by atoms with van der Waals surface area (Å²) >= 11 is 0. The van der Waals surface area contributed by atoms with Crippen LogP contribution in [0.25, 0.3) is 0 Å². The monoisotopic (exact) mass is 359 g/mol. The Hall–Kier alpha value is -1.56. The van der Waals surface area contributed by atoms with Crippen LogP contribution in [0.4, 0.5) is 22.0 Å². The van der Waals surface area contributed by atoms with E-state index in [1.54, 1.807) is 6.92 Å². The van der Waals surface area contributed by atoms with Crippen LogP contribution in [0.5, 0.6) is 5.75 Å². The highest BCUT2D eigenvalue weighted by atomic mass is 28.4. The van der Waals surface area contributed by atoms with E-state index < -0.39 is 55.0 Å². The van der Waals surface area contributed by atoms with Crippen LogP contribution < -0.4 is 10.5 Å². The molecule has 1 unspecified atom stereocenters. The number of rotatable bonds is 6. The summed E-state index contributed by atoms with van der Waals surface area (Å²) in [4.78, 5) is 11.9. The topological polar surface area (TPSA) is 70.8 Å². The molecule has 0 saturated heterocycles. The lowest BCUT2D eigenvalue weighted by molar-refractivity contribution is -0.135. The first-order chi connectivity index (χ1) is 10.7. The first kappa shape index (κ1) is 19.5. The number of carbonyl (C=O) groups excluding carboxylic acids is 1. The molecule has 11 heteroatoms. The Labute approximate surface area is 129 Å². The van der Waals surface area contributed by atoms with Crippen LogP contribution in [-0.2, 0) is 13.6 Å². The van der Waals surface area contributed by atoms with E-state index in [0.29, 0.717) is 0 Å². The summed E-state index contributed by atoms with van der Waals surface area (Å²) in [6.07, 6.45) is 0. The van der Waals surface area contributed by atoms with E-state index in [-0.39, 0.29) is 6.04 Å². The van der Waals surface area contributed by atoms with Gasteiger partial charge in [0.15, 0.2) is 0 Å². The van der Waals surface area contributed by atoms with Crippen LogP contribution in [0, 0.1) is 29.1 Å². The molecule has 0 saturated carbocycles. The van der Waals surface area contributed by atoms with Crippen molar-refractivity contribution >= 4 is 14.5 Å². The molecule has 0 bridgehead atoms. The molecule has 0 spiro atoms. The third kappa shape index (κ3) is 3.36. The van der Waals surface area contributed by atoms with Crippen molar-refractivity contribution in [1.29, 1.82) is 0 Å². The number of carbonyl (C=O) groups is 1. The summed E-state index contributed by atoms with van der Waals surface area (Å²) in [6.45, 7) is 1.59. The molecule has 1 aromatic rings. The second-order valence-corrected chi connectivity index (χ2v) is 8.14. The third-order valence-electron chi connectivity index (χ3n) is 3.28. The molecule has 1 rings (SSSR count). The van der Waals surface area contributed by atoms with Crippen LogP contribution in [-0.4, -0.2) is 34.4 Å². The highest BCUT2D eigenvalue weighted by molar-refractivity contribution is 6.72. The number of nitrogens with two attached hydrogens (primary N) is 1. The molecule has 0 aliphatic rings. The minimum atomic E-state index is -3.31. The standard InChI is InChI=1S/C12H14F5NO4Si/c1-4-23(20-2,21-3)11(18)12(19)22-10-8(16)6(14)5(13)7(15)9(10)17/h11H,4,18H2,1-3H3. The van der Waals surface area contributed by atoms with E-state index in [1.165, 1.54) is 14.2 Å². The highest BCUT2D eigenvalue weighted by Crippen LogP contribution is 2.29. The molecule has 0 fully saturated rings. The molecule has 0 radical (unpaired) electrons. The minimum Gasteiger partial charge on any atom is -0.419 e. The molecule has 0 aliphatic heterocycles. The first-order valence-electron chi connectivity index (χ1n) is 6.25. The number of ether oxygens (including phenoxy) is 1. The lowest BCUT2D eigenvalue weighted by atomic mass is 10.2. The zero-order chi connectivity index (χ0) is 17.9. The second-order valence-electron chi connectivity index (χ2n) is 4.37. The van der Waals surface area contributed by atoms with Crippen molar-refractivity contribution in [1.82, 2.24) is 0 Å². The van der Waals surface area contributed by atoms with Crippen molar-refractivity contribution in [2.45, 2.75) is 18.6 Å².